The number of aryl methyl sites for hydroxylation is 1. The molecular formula is C18H20N6O4. The van der Waals surface area contributed by atoms with Gasteiger partial charge in [0.15, 0.2) is 0 Å². The second-order valence-corrected chi connectivity index (χ2v) is 6.81. The van der Waals surface area contributed by atoms with Crippen molar-refractivity contribution in [2.24, 2.45) is 0 Å². The number of benzene rings is 1. The molecule has 0 saturated carbocycles. The fourth-order valence-electron chi connectivity index (χ4n) is 3.36. The van der Waals surface area contributed by atoms with Gasteiger partial charge in [-0.05, 0) is 13.0 Å². The first-order chi connectivity index (χ1) is 13.5. The molecule has 3 heterocycles. The van der Waals surface area contributed by atoms with E-state index < -0.39 is 6.04 Å². The first kappa shape index (κ1) is 18.0. The SMILES string of the molecule is Cc1cccc(-c2noc(CNC(=O)N3CCN4C(=O)CNC(=O)C4C3)n2)c1. The van der Waals surface area contributed by atoms with Crippen LogP contribution in [-0.4, -0.2) is 70.0 Å². The Labute approximate surface area is 160 Å². The third-order valence-electron chi connectivity index (χ3n) is 4.84. The fourth-order valence-corrected chi connectivity index (χ4v) is 3.36. The molecule has 1 aromatic carbocycles. The molecule has 0 spiro atoms. The number of nitrogens with zero attached hydrogens (tertiary/aromatic N) is 4. The second kappa shape index (κ2) is 7.29. The molecule has 1 aromatic heterocycles. The van der Waals surface area contributed by atoms with E-state index in [9.17, 15) is 14.4 Å². The van der Waals surface area contributed by atoms with E-state index in [1.807, 2.05) is 31.2 Å². The van der Waals surface area contributed by atoms with Gasteiger partial charge in [0.25, 0.3) is 0 Å². The van der Waals surface area contributed by atoms with Crippen molar-refractivity contribution >= 4 is 17.8 Å². The molecule has 0 bridgehead atoms. The largest absolute Gasteiger partial charge is 0.345 e. The molecule has 2 saturated heterocycles. The highest BCUT2D eigenvalue weighted by Crippen LogP contribution is 2.17. The lowest BCUT2D eigenvalue weighted by Gasteiger charge is -2.42. The summed E-state index contributed by atoms with van der Waals surface area (Å²) in [6.45, 7) is 2.92. The molecular weight excluding hydrogens is 364 g/mol. The van der Waals surface area contributed by atoms with E-state index in [0.717, 1.165) is 11.1 Å². The maximum Gasteiger partial charge on any atom is 0.317 e. The van der Waals surface area contributed by atoms with Gasteiger partial charge in [0.05, 0.1) is 19.6 Å². The Morgan fingerprint density at radius 2 is 2.21 bits per heavy atom. The Hall–Kier alpha value is -3.43. The van der Waals surface area contributed by atoms with Gasteiger partial charge in [0.2, 0.25) is 23.5 Å². The number of aromatic nitrogens is 2. The summed E-state index contributed by atoms with van der Waals surface area (Å²) in [5.74, 6) is 0.379. The molecule has 2 aliphatic rings. The number of urea groups is 1. The van der Waals surface area contributed by atoms with Crippen molar-refractivity contribution in [3.05, 3.63) is 35.7 Å². The third-order valence-corrected chi connectivity index (χ3v) is 4.84. The van der Waals surface area contributed by atoms with Gasteiger partial charge in [-0.1, -0.05) is 28.9 Å². The van der Waals surface area contributed by atoms with E-state index >= 15 is 0 Å². The molecule has 0 radical (unpaired) electrons. The van der Waals surface area contributed by atoms with Crippen LogP contribution in [0.3, 0.4) is 0 Å². The van der Waals surface area contributed by atoms with Crippen LogP contribution < -0.4 is 10.6 Å². The maximum atomic E-state index is 12.4. The Balaban J connectivity index is 1.35. The van der Waals surface area contributed by atoms with Gasteiger partial charge < -0.3 is 25.0 Å². The summed E-state index contributed by atoms with van der Waals surface area (Å²) in [4.78, 5) is 43.6. The third kappa shape index (κ3) is 3.53. The summed E-state index contributed by atoms with van der Waals surface area (Å²) in [5.41, 5.74) is 1.92. The predicted molar refractivity (Wildman–Crippen MR) is 96.8 cm³/mol. The van der Waals surface area contributed by atoms with Crippen LogP contribution in [-0.2, 0) is 16.1 Å². The van der Waals surface area contributed by atoms with Crippen molar-refractivity contribution in [2.45, 2.75) is 19.5 Å². The molecule has 4 rings (SSSR count). The van der Waals surface area contributed by atoms with E-state index in [2.05, 4.69) is 20.8 Å². The van der Waals surface area contributed by atoms with E-state index in [0.29, 0.717) is 18.9 Å². The fraction of sp³-hybridized carbons (Fsp3) is 0.389. The molecule has 2 N–H and O–H groups in total. The highest BCUT2D eigenvalue weighted by atomic mass is 16.5. The molecule has 1 atom stereocenters. The zero-order chi connectivity index (χ0) is 19.7. The predicted octanol–water partition coefficient (Wildman–Crippen LogP) is -0.103. The van der Waals surface area contributed by atoms with Gasteiger partial charge in [0, 0.05) is 18.7 Å². The van der Waals surface area contributed by atoms with Crippen molar-refractivity contribution in [1.82, 2.24) is 30.6 Å². The normalized spacial score (nSPS) is 19.2. The standard InChI is InChI=1S/C18H20N6O4/c1-11-3-2-4-12(7-11)16-21-14(28-22-16)8-20-18(27)23-5-6-24-13(10-23)17(26)19-9-15(24)25/h2-4,7,13H,5-6,8-10H2,1H3,(H,19,26)(H,20,27). The smallest absolute Gasteiger partial charge is 0.317 e. The van der Waals surface area contributed by atoms with Crippen molar-refractivity contribution in [3.63, 3.8) is 0 Å². The topological polar surface area (TPSA) is 121 Å². The van der Waals surface area contributed by atoms with Crippen LogP contribution in [0.15, 0.2) is 28.8 Å². The number of nitrogens with one attached hydrogen (secondary N) is 2. The summed E-state index contributed by atoms with van der Waals surface area (Å²) in [5, 5.41) is 9.21. The van der Waals surface area contributed by atoms with Gasteiger partial charge in [0.1, 0.15) is 6.04 Å². The number of fused-ring (bicyclic) bond motifs is 1. The summed E-state index contributed by atoms with van der Waals surface area (Å²) in [6.07, 6.45) is 0. The highest BCUT2D eigenvalue weighted by molar-refractivity contribution is 5.95. The minimum absolute atomic E-state index is 0.0158. The molecule has 28 heavy (non-hydrogen) atoms. The van der Waals surface area contributed by atoms with Gasteiger partial charge in [-0.3, -0.25) is 9.59 Å². The van der Waals surface area contributed by atoms with E-state index in [1.165, 1.54) is 9.80 Å². The molecule has 10 heteroatoms. The molecule has 146 valence electrons. The van der Waals surface area contributed by atoms with Crippen LogP contribution >= 0.6 is 0 Å². The van der Waals surface area contributed by atoms with Crippen molar-refractivity contribution < 1.29 is 18.9 Å². The van der Waals surface area contributed by atoms with Gasteiger partial charge in [-0.25, -0.2) is 4.79 Å². The molecule has 4 amide bonds. The first-order valence-corrected chi connectivity index (χ1v) is 9.01. The zero-order valence-corrected chi connectivity index (χ0v) is 15.3. The van der Waals surface area contributed by atoms with Gasteiger partial charge >= 0.3 is 6.03 Å². The minimum atomic E-state index is -0.642. The lowest BCUT2D eigenvalue weighted by molar-refractivity contribution is -0.148. The monoisotopic (exact) mass is 384 g/mol. The summed E-state index contributed by atoms with van der Waals surface area (Å²) < 4.78 is 5.20. The molecule has 2 aromatic rings. The molecule has 1 unspecified atom stereocenters. The summed E-state index contributed by atoms with van der Waals surface area (Å²) >= 11 is 0. The Kier molecular flexibility index (Phi) is 4.68. The highest BCUT2D eigenvalue weighted by Gasteiger charge is 2.39. The van der Waals surface area contributed by atoms with Crippen LogP contribution in [0, 0.1) is 6.92 Å². The Morgan fingerprint density at radius 1 is 1.36 bits per heavy atom. The molecule has 10 nitrogen and oxygen atoms in total. The quantitative estimate of drug-likeness (QED) is 0.762. The number of rotatable bonds is 3. The molecule has 2 aliphatic heterocycles. The molecule has 0 aliphatic carbocycles. The van der Waals surface area contributed by atoms with E-state index in [1.54, 1.807) is 0 Å². The summed E-state index contributed by atoms with van der Waals surface area (Å²) in [7, 11) is 0. The van der Waals surface area contributed by atoms with E-state index in [-0.39, 0.29) is 43.4 Å². The average molecular weight is 384 g/mol. The number of amides is 4. The molecule has 2 fully saturated rings. The number of carbonyl (C=O) groups is 3. The van der Waals surface area contributed by atoms with E-state index in [4.69, 9.17) is 4.52 Å². The number of hydrogen-bond acceptors (Lipinski definition) is 6. The zero-order valence-electron chi connectivity index (χ0n) is 15.3. The minimum Gasteiger partial charge on any atom is -0.345 e. The average Bonchev–Trinajstić information content (AvgIpc) is 3.18. The second-order valence-electron chi connectivity index (χ2n) is 6.81. The number of carbonyl (C=O) groups excluding carboxylic acids is 3. The van der Waals surface area contributed by atoms with Gasteiger partial charge in [-0.15, -0.1) is 0 Å². The van der Waals surface area contributed by atoms with Gasteiger partial charge in [-0.2, -0.15) is 4.98 Å². The Bertz CT molecular complexity index is 926. The van der Waals surface area contributed by atoms with Crippen molar-refractivity contribution in [2.75, 3.05) is 26.2 Å². The van der Waals surface area contributed by atoms with Crippen LogP contribution in [0.4, 0.5) is 4.79 Å². The van der Waals surface area contributed by atoms with Crippen LogP contribution in [0.1, 0.15) is 11.5 Å². The maximum absolute atomic E-state index is 12.4. The lowest BCUT2D eigenvalue weighted by atomic mass is 10.1. The van der Waals surface area contributed by atoms with Crippen molar-refractivity contribution in [1.29, 1.82) is 0 Å². The van der Waals surface area contributed by atoms with Crippen LogP contribution in [0.2, 0.25) is 0 Å². The number of hydrogen-bond donors (Lipinski definition) is 2. The van der Waals surface area contributed by atoms with Crippen LogP contribution in [0.25, 0.3) is 11.4 Å². The first-order valence-electron chi connectivity index (χ1n) is 9.01. The lowest BCUT2D eigenvalue weighted by Crippen LogP contribution is -2.67. The Morgan fingerprint density at radius 3 is 3.04 bits per heavy atom. The van der Waals surface area contributed by atoms with Crippen molar-refractivity contribution in [3.8, 4) is 11.4 Å². The number of piperazine rings is 2. The van der Waals surface area contributed by atoms with Crippen LogP contribution in [0.5, 0.6) is 0 Å². The summed E-state index contributed by atoms with van der Waals surface area (Å²) in [6, 6.07) is 6.73.